The number of aryl methyl sites for hydroxylation is 2. The van der Waals surface area contributed by atoms with E-state index in [-0.39, 0.29) is 0 Å². The summed E-state index contributed by atoms with van der Waals surface area (Å²) in [5.74, 6) is 0.999. The Balaban J connectivity index is 2.14. The largest absolute Gasteiger partial charge is 0.494 e. The van der Waals surface area contributed by atoms with Crippen molar-refractivity contribution in [3.63, 3.8) is 0 Å². The third-order valence-electron chi connectivity index (χ3n) is 3.84. The van der Waals surface area contributed by atoms with E-state index in [0.717, 1.165) is 25.2 Å². The average Bonchev–Trinajstić information content (AvgIpc) is 2.52. The summed E-state index contributed by atoms with van der Waals surface area (Å²) in [5, 5.41) is 0. The lowest BCUT2D eigenvalue weighted by molar-refractivity contribution is 0.306. The zero-order valence-electron chi connectivity index (χ0n) is 13.5. The lowest BCUT2D eigenvalue weighted by Crippen LogP contribution is -1.98. The molecule has 0 aliphatic rings. The Bertz CT molecular complexity index is 555. The van der Waals surface area contributed by atoms with Gasteiger partial charge in [0.05, 0.1) is 6.61 Å². The van der Waals surface area contributed by atoms with Gasteiger partial charge < -0.3 is 4.74 Å². The lowest BCUT2D eigenvalue weighted by atomic mass is 9.97. The van der Waals surface area contributed by atoms with E-state index in [1.54, 1.807) is 0 Å². The molecule has 0 bridgehead atoms. The maximum atomic E-state index is 5.86. The second kappa shape index (κ2) is 7.87. The Morgan fingerprint density at radius 1 is 0.905 bits per heavy atom. The Hall–Kier alpha value is -1.76. The van der Waals surface area contributed by atoms with Crippen molar-refractivity contribution in [3.05, 3.63) is 53.6 Å². The van der Waals surface area contributed by atoms with Gasteiger partial charge in [-0.25, -0.2) is 0 Å². The molecule has 0 fully saturated rings. The van der Waals surface area contributed by atoms with Crippen molar-refractivity contribution in [1.82, 2.24) is 0 Å². The first-order valence-corrected chi connectivity index (χ1v) is 8.07. The van der Waals surface area contributed by atoms with Crippen molar-refractivity contribution in [2.75, 3.05) is 6.61 Å². The van der Waals surface area contributed by atoms with E-state index in [9.17, 15) is 0 Å². The predicted octanol–water partition coefficient (Wildman–Crippen LogP) is 5.79. The third-order valence-corrected chi connectivity index (χ3v) is 3.84. The Kier molecular flexibility index (Phi) is 5.86. The first kappa shape index (κ1) is 15.6. The smallest absolute Gasteiger partial charge is 0.119 e. The van der Waals surface area contributed by atoms with Gasteiger partial charge in [-0.1, -0.05) is 62.6 Å². The lowest BCUT2D eigenvalue weighted by Gasteiger charge is -2.12. The maximum absolute atomic E-state index is 5.86. The zero-order valence-corrected chi connectivity index (χ0v) is 13.5. The molecule has 0 atom stereocenters. The standard InChI is InChI=1S/C20H26O/c1-4-6-7-14-21-19-12-13-20(17(5-2)15-19)18-10-8-16(3)9-11-18/h8-13,15H,4-7,14H2,1-3H3. The molecule has 0 unspecified atom stereocenters. The summed E-state index contributed by atoms with van der Waals surface area (Å²) in [4.78, 5) is 0. The van der Waals surface area contributed by atoms with Gasteiger partial charge in [0.15, 0.2) is 0 Å². The zero-order chi connectivity index (χ0) is 15.1. The molecule has 0 aliphatic carbocycles. The molecule has 0 spiro atoms. The van der Waals surface area contributed by atoms with E-state index in [4.69, 9.17) is 4.74 Å². The van der Waals surface area contributed by atoms with Gasteiger partial charge in [0, 0.05) is 0 Å². The van der Waals surface area contributed by atoms with Crippen LogP contribution in [-0.2, 0) is 6.42 Å². The van der Waals surface area contributed by atoms with Gasteiger partial charge in [-0.15, -0.1) is 0 Å². The van der Waals surface area contributed by atoms with Crippen molar-refractivity contribution in [3.8, 4) is 16.9 Å². The van der Waals surface area contributed by atoms with Crippen LogP contribution in [0.4, 0.5) is 0 Å². The Morgan fingerprint density at radius 3 is 2.33 bits per heavy atom. The average molecular weight is 282 g/mol. The summed E-state index contributed by atoms with van der Waals surface area (Å²) in [5.41, 5.74) is 5.26. The molecule has 2 aromatic rings. The topological polar surface area (TPSA) is 9.23 Å². The van der Waals surface area contributed by atoms with Crippen LogP contribution in [0, 0.1) is 6.92 Å². The molecule has 2 aromatic carbocycles. The van der Waals surface area contributed by atoms with Crippen LogP contribution in [-0.4, -0.2) is 6.61 Å². The molecule has 2 rings (SSSR count). The summed E-state index contributed by atoms with van der Waals surface area (Å²) in [7, 11) is 0. The van der Waals surface area contributed by atoms with Gasteiger partial charge in [-0.05, 0) is 48.6 Å². The highest BCUT2D eigenvalue weighted by Gasteiger charge is 2.06. The van der Waals surface area contributed by atoms with Crippen LogP contribution in [0.3, 0.4) is 0 Å². The Labute approximate surface area is 129 Å². The highest BCUT2D eigenvalue weighted by Crippen LogP contribution is 2.28. The van der Waals surface area contributed by atoms with Crippen LogP contribution < -0.4 is 4.74 Å². The minimum Gasteiger partial charge on any atom is -0.494 e. The second-order valence-corrected chi connectivity index (χ2v) is 5.59. The first-order chi connectivity index (χ1) is 10.2. The summed E-state index contributed by atoms with van der Waals surface area (Å²) in [6.07, 6.45) is 4.63. The predicted molar refractivity (Wildman–Crippen MR) is 91.0 cm³/mol. The van der Waals surface area contributed by atoms with E-state index in [2.05, 4.69) is 63.2 Å². The number of unbranched alkanes of at least 4 members (excludes halogenated alkanes) is 2. The molecule has 0 amide bonds. The monoisotopic (exact) mass is 282 g/mol. The number of ether oxygens (including phenoxy) is 1. The van der Waals surface area contributed by atoms with Gasteiger partial charge >= 0.3 is 0 Å². The molecular weight excluding hydrogens is 256 g/mol. The van der Waals surface area contributed by atoms with Crippen LogP contribution in [0.25, 0.3) is 11.1 Å². The molecule has 0 N–H and O–H groups in total. The highest BCUT2D eigenvalue weighted by molar-refractivity contribution is 5.68. The number of rotatable bonds is 7. The fourth-order valence-corrected chi connectivity index (χ4v) is 2.51. The summed E-state index contributed by atoms with van der Waals surface area (Å²) in [6, 6.07) is 15.2. The molecule has 1 heteroatoms. The summed E-state index contributed by atoms with van der Waals surface area (Å²) >= 11 is 0. The van der Waals surface area contributed by atoms with Crippen molar-refractivity contribution in [1.29, 1.82) is 0 Å². The molecule has 0 aliphatic heterocycles. The fraction of sp³-hybridized carbons (Fsp3) is 0.400. The third kappa shape index (κ3) is 4.35. The van der Waals surface area contributed by atoms with Crippen molar-refractivity contribution >= 4 is 0 Å². The van der Waals surface area contributed by atoms with Gasteiger partial charge in [-0.3, -0.25) is 0 Å². The van der Waals surface area contributed by atoms with Gasteiger partial charge in [0.2, 0.25) is 0 Å². The molecule has 0 saturated heterocycles. The van der Waals surface area contributed by atoms with E-state index in [1.165, 1.54) is 35.1 Å². The van der Waals surface area contributed by atoms with Crippen LogP contribution in [0.2, 0.25) is 0 Å². The fourth-order valence-electron chi connectivity index (χ4n) is 2.51. The van der Waals surface area contributed by atoms with Crippen LogP contribution >= 0.6 is 0 Å². The number of hydrogen-bond acceptors (Lipinski definition) is 1. The maximum Gasteiger partial charge on any atom is 0.119 e. The van der Waals surface area contributed by atoms with Gasteiger partial charge in [0.25, 0.3) is 0 Å². The van der Waals surface area contributed by atoms with Crippen LogP contribution in [0.5, 0.6) is 5.75 Å². The number of hydrogen-bond donors (Lipinski definition) is 0. The molecule has 1 nitrogen and oxygen atoms in total. The highest BCUT2D eigenvalue weighted by atomic mass is 16.5. The van der Waals surface area contributed by atoms with E-state index in [0.29, 0.717) is 0 Å². The van der Waals surface area contributed by atoms with Crippen molar-refractivity contribution in [2.24, 2.45) is 0 Å². The first-order valence-electron chi connectivity index (χ1n) is 8.07. The van der Waals surface area contributed by atoms with E-state index >= 15 is 0 Å². The van der Waals surface area contributed by atoms with Crippen molar-refractivity contribution < 1.29 is 4.74 Å². The van der Waals surface area contributed by atoms with Gasteiger partial charge in [0.1, 0.15) is 5.75 Å². The Morgan fingerprint density at radius 2 is 1.67 bits per heavy atom. The summed E-state index contributed by atoms with van der Waals surface area (Å²) < 4.78 is 5.86. The van der Waals surface area contributed by atoms with E-state index in [1.807, 2.05) is 0 Å². The second-order valence-electron chi connectivity index (χ2n) is 5.59. The molecule has 0 saturated carbocycles. The van der Waals surface area contributed by atoms with Crippen molar-refractivity contribution in [2.45, 2.75) is 46.5 Å². The normalized spacial score (nSPS) is 10.6. The molecule has 0 heterocycles. The quantitative estimate of drug-likeness (QED) is 0.584. The molecule has 21 heavy (non-hydrogen) atoms. The minimum absolute atomic E-state index is 0.820. The van der Waals surface area contributed by atoms with Gasteiger partial charge in [-0.2, -0.15) is 0 Å². The summed E-state index contributed by atoms with van der Waals surface area (Å²) in [6.45, 7) is 7.36. The number of benzene rings is 2. The molecule has 112 valence electrons. The SMILES string of the molecule is CCCCCOc1ccc(-c2ccc(C)cc2)c(CC)c1. The van der Waals surface area contributed by atoms with Crippen LogP contribution in [0.1, 0.15) is 44.2 Å². The minimum atomic E-state index is 0.820. The molecule has 0 aromatic heterocycles. The molecular formula is C20H26O. The van der Waals surface area contributed by atoms with E-state index < -0.39 is 0 Å². The van der Waals surface area contributed by atoms with Crippen LogP contribution in [0.15, 0.2) is 42.5 Å². The molecule has 0 radical (unpaired) electrons.